The number of rotatable bonds is 52. The highest BCUT2D eigenvalue weighted by molar-refractivity contribution is 5.73. The summed E-state index contributed by atoms with van der Waals surface area (Å²) >= 11 is 0. The predicted molar refractivity (Wildman–Crippen MR) is 276 cm³/mol. The van der Waals surface area contributed by atoms with Gasteiger partial charge in [0.15, 0.2) is 0 Å². The van der Waals surface area contributed by atoms with Crippen molar-refractivity contribution in [3.8, 4) is 0 Å². The molecule has 0 fully saturated rings. The molecule has 9 heteroatoms. The van der Waals surface area contributed by atoms with E-state index in [4.69, 9.17) is 15.2 Å². The zero-order chi connectivity index (χ0) is 45.8. The van der Waals surface area contributed by atoms with E-state index in [-0.39, 0.29) is 12.1 Å². The van der Waals surface area contributed by atoms with E-state index in [2.05, 4.69) is 66.0 Å². The first-order valence-electron chi connectivity index (χ1n) is 27.3. The molecule has 0 bridgehead atoms. The maximum Gasteiger partial charge on any atom is 0.317 e. The van der Waals surface area contributed by atoms with Crippen LogP contribution in [0.15, 0.2) is 24.3 Å². The molecular formula is C54H110N6O3. The van der Waals surface area contributed by atoms with Crippen LogP contribution in [-0.2, 0) is 9.47 Å². The second kappa shape index (κ2) is 53.1. The fraction of sp³-hybridized carbons (Fsp3) is 0.907. The number of nitrogens with one attached hydrogen (secondary N) is 3. The van der Waals surface area contributed by atoms with Crippen molar-refractivity contribution in [2.75, 3.05) is 92.8 Å². The lowest BCUT2D eigenvalue weighted by molar-refractivity contribution is -0.0316. The molecule has 0 aromatic heterocycles. The Morgan fingerprint density at radius 1 is 0.508 bits per heavy atom. The predicted octanol–water partition coefficient (Wildman–Crippen LogP) is 12.7. The van der Waals surface area contributed by atoms with Gasteiger partial charge in [-0.15, -0.1) is 0 Å². The Bertz CT molecular complexity index is 953. The Morgan fingerprint density at radius 3 is 1.43 bits per heavy atom. The average molecular weight is 892 g/mol. The van der Waals surface area contributed by atoms with Gasteiger partial charge in [0.25, 0.3) is 0 Å². The molecule has 374 valence electrons. The van der Waals surface area contributed by atoms with E-state index in [1.165, 1.54) is 173 Å². The van der Waals surface area contributed by atoms with Gasteiger partial charge in [-0.25, -0.2) is 4.79 Å². The lowest BCUT2D eigenvalue weighted by atomic mass is 10.1. The van der Waals surface area contributed by atoms with E-state index in [0.717, 1.165) is 91.1 Å². The van der Waals surface area contributed by atoms with Crippen LogP contribution in [-0.4, -0.2) is 115 Å². The number of hydrogen-bond acceptors (Lipinski definition) is 7. The summed E-state index contributed by atoms with van der Waals surface area (Å²) in [7, 11) is 4.03. The number of allylic oxidation sites excluding steroid dienone is 4. The Kier molecular flexibility index (Phi) is 51.9. The highest BCUT2D eigenvalue weighted by Crippen LogP contribution is 2.13. The van der Waals surface area contributed by atoms with Crippen molar-refractivity contribution >= 4 is 6.03 Å². The monoisotopic (exact) mass is 891 g/mol. The fourth-order valence-corrected chi connectivity index (χ4v) is 7.80. The molecule has 63 heavy (non-hydrogen) atoms. The van der Waals surface area contributed by atoms with Crippen LogP contribution in [0.25, 0.3) is 0 Å². The minimum Gasteiger partial charge on any atom is -0.379 e. The SMILES string of the molecule is CCCCCCCCC=CCCCCCCCCOCC(CN(C)CCN(C)C(=O)NCCCNCCCCNCCCN)OCCCCCCCCC=CCCCCCCCC. The van der Waals surface area contributed by atoms with Gasteiger partial charge in [-0.1, -0.05) is 154 Å². The standard InChI is InChI=1S/C54H110N6O3/c1-5-7-9-11-13-15-17-19-21-23-25-27-29-31-33-37-49-62-52-53(63-50-38-34-32-30-28-26-24-22-20-18-16-14-12-10-8-6-2)51-59(3)47-48-60(4)54(61)58-46-40-45-57-43-36-35-42-56-44-39-41-55/h19-22,53,56-57H,5-18,23-52,55H2,1-4H3,(H,58,61). The molecule has 0 aromatic rings. The van der Waals surface area contributed by atoms with Gasteiger partial charge in [0, 0.05) is 46.4 Å². The Hall–Kier alpha value is -1.49. The molecule has 1 atom stereocenters. The Labute approximate surface area is 393 Å². The number of nitrogens with zero attached hydrogens (tertiary/aromatic N) is 2. The number of hydrogen-bond donors (Lipinski definition) is 4. The summed E-state index contributed by atoms with van der Waals surface area (Å²) in [6.07, 6.45) is 50.9. The number of unbranched alkanes of at least 4 members (excludes halogenated alkanes) is 25. The lowest BCUT2D eigenvalue weighted by Crippen LogP contribution is -2.43. The molecule has 0 aliphatic rings. The van der Waals surface area contributed by atoms with Gasteiger partial charge in [0.1, 0.15) is 0 Å². The van der Waals surface area contributed by atoms with Crippen molar-refractivity contribution in [3.63, 3.8) is 0 Å². The van der Waals surface area contributed by atoms with Crippen LogP contribution in [0.3, 0.4) is 0 Å². The summed E-state index contributed by atoms with van der Waals surface area (Å²) in [5.74, 6) is 0. The molecule has 0 radical (unpaired) electrons. The van der Waals surface area contributed by atoms with E-state index in [0.29, 0.717) is 19.7 Å². The second-order valence-corrected chi connectivity index (χ2v) is 18.6. The van der Waals surface area contributed by atoms with Gasteiger partial charge in [-0.05, 0) is 130 Å². The van der Waals surface area contributed by atoms with Crippen molar-refractivity contribution in [2.45, 2.75) is 225 Å². The van der Waals surface area contributed by atoms with Crippen molar-refractivity contribution in [1.29, 1.82) is 0 Å². The van der Waals surface area contributed by atoms with Crippen LogP contribution in [0.5, 0.6) is 0 Å². The summed E-state index contributed by atoms with van der Waals surface area (Å²) in [5.41, 5.74) is 5.54. The van der Waals surface area contributed by atoms with Crippen molar-refractivity contribution in [1.82, 2.24) is 25.8 Å². The molecule has 0 heterocycles. The van der Waals surface area contributed by atoms with Gasteiger partial charge in [0.05, 0.1) is 12.7 Å². The van der Waals surface area contributed by atoms with Crippen LogP contribution < -0.4 is 21.7 Å². The highest BCUT2D eigenvalue weighted by atomic mass is 16.5. The summed E-state index contributed by atoms with van der Waals surface area (Å²) in [6.45, 7) is 14.5. The number of urea groups is 1. The third kappa shape index (κ3) is 49.8. The van der Waals surface area contributed by atoms with Crippen molar-refractivity contribution in [3.05, 3.63) is 24.3 Å². The molecule has 9 nitrogen and oxygen atoms in total. The van der Waals surface area contributed by atoms with Gasteiger partial charge >= 0.3 is 6.03 Å². The topological polar surface area (TPSA) is 104 Å². The largest absolute Gasteiger partial charge is 0.379 e. The fourth-order valence-electron chi connectivity index (χ4n) is 7.80. The van der Waals surface area contributed by atoms with Crippen LogP contribution >= 0.6 is 0 Å². The normalized spacial score (nSPS) is 12.4. The summed E-state index contributed by atoms with van der Waals surface area (Å²) in [5, 5.41) is 10.0. The number of carbonyl (C=O) groups excluding carboxylic acids is 1. The van der Waals surface area contributed by atoms with Crippen molar-refractivity contribution < 1.29 is 14.3 Å². The van der Waals surface area contributed by atoms with Gasteiger partial charge in [-0.2, -0.15) is 0 Å². The van der Waals surface area contributed by atoms with Gasteiger partial charge in [-0.3, -0.25) is 0 Å². The van der Waals surface area contributed by atoms with Crippen molar-refractivity contribution in [2.24, 2.45) is 5.73 Å². The quantitative estimate of drug-likeness (QED) is 0.0356. The third-order valence-corrected chi connectivity index (χ3v) is 12.1. The van der Waals surface area contributed by atoms with Gasteiger partial charge < -0.3 is 41.0 Å². The lowest BCUT2D eigenvalue weighted by Gasteiger charge is -2.26. The molecule has 0 aliphatic carbocycles. The van der Waals surface area contributed by atoms with E-state index in [1.807, 2.05) is 7.05 Å². The molecule has 0 aromatic carbocycles. The van der Waals surface area contributed by atoms with E-state index in [1.54, 1.807) is 4.90 Å². The zero-order valence-electron chi connectivity index (χ0n) is 42.7. The smallest absolute Gasteiger partial charge is 0.317 e. The minimum absolute atomic E-state index is 0.00121. The minimum atomic E-state index is -0.00121. The Balaban J connectivity index is 4.32. The zero-order valence-corrected chi connectivity index (χ0v) is 42.7. The molecule has 1 unspecified atom stereocenters. The van der Waals surface area contributed by atoms with Crippen LogP contribution in [0, 0.1) is 0 Å². The van der Waals surface area contributed by atoms with Crippen LogP contribution in [0.1, 0.15) is 219 Å². The first kappa shape index (κ1) is 61.5. The van der Waals surface area contributed by atoms with Crippen LogP contribution in [0.4, 0.5) is 4.79 Å². The summed E-state index contributed by atoms with van der Waals surface area (Å²) < 4.78 is 12.7. The first-order chi connectivity index (χ1) is 31.0. The third-order valence-electron chi connectivity index (χ3n) is 12.1. The molecule has 0 rings (SSSR count). The van der Waals surface area contributed by atoms with E-state index >= 15 is 0 Å². The van der Waals surface area contributed by atoms with E-state index in [9.17, 15) is 4.79 Å². The first-order valence-corrected chi connectivity index (χ1v) is 27.3. The molecule has 2 amide bonds. The molecule has 0 aliphatic heterocycles. The maximum absolute atomic E-state index is 12.7. The number of nitrogens with two attached hydrogens (primary N) is 1. The maximum atomic E-state index is 12.7. The average Bonchev–Trinajstić information content (AvgIpc) is 3.28. The molecule has 0 saturated carbocycles. The van der Waals surface area contributed by atoms with Crippen LogP contribution in [0.2, 0.25) is 0 Å². The highest BCUT2D eigenvalue weighted by Gasteiger charge is 2.15. The Morgan fingerprint density at radius 2 is 0.937 bits per heavy atom. The number of carbonyl (C=O) groups is 1. The molecule has 0 spiro atoms. The second-order valence-electron chi connectivity index (χ2n) is 18.6. The number of amides is 2. The number of ether oxygens (including phenoxy) is 2. The number of likely N-dealkylation sites (N-methyl/N-ethyl adjacent to an activating group) is 2. The molecule has 0 saturated heterocycles. The molecule has 5 N–H and O–H groups in total. The van der Waals surface area contributed by atoms with E-state index < -0.39 is 0 Å². The molecular weight excluding hydrogens is 781 g/mol. The van der Waals surface area contributed by atoms with Gasteiger partial charge in [0.2, 0.25) is 0 Å². The summed E-state index contributed by atoms with van der Waals surface area (Å²) in [6, 6.07) is -0.00121. The summed E-state index contributed by atoms with van der Waals surface area (Å²) in [4.78, 5) is 16.8.